The molecule has 0 bridgehead atoms. The van der Waals surface area contributed by atoms with Crippen LogP contribution < -0.4 is 4.74 Å². The predicted octanol–water partition coefficient (Wildman–Crippen LogP) is 4.88. The van der Waals surface area contributed by atoms with E-state index in [-0.39, 0.29) is 5.78 Å². The zero-order valence-electron chi connectivity index (χ0n) is 13.7. The van der Waals surface area contributed by atoms with Crippen molar-refractivity contribution < 1.29 is 14.3 Å². The number of hydrogen-bond donors (Lipinski definition) is 0. The van der Waals surface area contributed by atoms with E-state index in [4.69, 9.17) is 9.47 Å². The van der Waals surface area contributed by atoms with Crippen LogP contribution in [0.15, 0.2) is 46.2 Å². The van der Waals surface area contributed by atoms with Gasteiger partial charge in [-0.05, 0) is 49.4 Å². The van der Waals surface area contributed by atoms with Gasteiger partial charge in [0, 0.05) is 17.6 Å². The SMILES string of the molecule is C/C=C(\C)Sc1cc(OCCOC)ccc1C(=O)/C=C/CC. The number of allylic oxidation sites excluding steroid dienone is 4. The maximum Gasteiger partial charge on any atom is 0.186 e. The standard InChI is InChI=1S/C18H24O3S/c1-5-7-8-17(19)16-10-9-15(21-12-11-20-4)13-18(16)22-14(3)6-2/h6-10,13H,5,11-12H2,1-4H3/b8-7+,14-6+. The predicted molar refractivity (Wildman–Crippen MR) is 92.9 cm³/mol. The first-order valence-electron chi connectivity index (χ1n) is 7.39. The Kier molecular flexibility index (Phi) is 8.63. The molecule has 0 aliphatic heterocycles. The maximum atomic E-state index is 12.3. The molecule has 0 aromatic heterocycles. The van der Waals surface area contributed by atoms with E-state index in [1.165, 1.54) is 0 Å². The molecule has 0 saturated heterocycles. The van der Waals surface area contributed by atoms with Crippen LogP contribution in [0, 0.1) is 0 Å². The lowest BCUT2D eigenvalue weighted by molar-refractivity contribution is 0.104. The fourth-order valence-corrected chi connectivity index (χ4v) is 2.59. The number of thioether (sulfide) groups is 1. The Morgan fingerprint density at radius 1 is 1.32 bits per heavy atom. The second kappa shape index (κ2) is 10.2. The fourth-order valence-electron chi connectivity index (χ4n) is 1.67. The molecule has 0 heterocycles. The molecule has 0 aliphatic rings. The number of rotatable bonds is 9. The summed E-state index contributed by atoms with van der Waals surface area (Å²) in [5, 5.41) is 0. The van der Waals surface area contributed by atoms with Gasteiger partial charge in [0.1, 0.15) is 12.4 Å². The number of methoxy groups -OCH3 is 1. The minimum atomic E-state index is 0.0247. The van der Waals surface area contributed by atoms with E-state index in [0.717, 1.165) is 22.0 Å². The average Bonchev–Trinajstić information content (AvgIpc) is 2.53. The molecule has 0 amide bonds. The Balaban J connectivity index is 3.03. The summed E-state index contributed by atoms with van der Waals surface area (Å²) in [6, 6.07) is 5.58. The number of carbonyl (C=O) groups excluding carboxylic acids is 1. The first-order chi connectivity index (χ1) is 10.6. The lowest BCUT2D eigenvalue weighted by Gasteiger charge is -2.11. The molecule has 3 nitrogen and oxygen atoms in total. The van der Waals surface area contributed by atoms with Gasteiger partial charge in [0.15, 0.2) is 5.78 Å². The van der Waals surface area contributed by atoms with Gasteiger partial charge in [0.05, 0.1) is 6.61 Å². The van der Waals surface area contributed by atoms with Crippen molar-refractivity contribution in [3.05, 3.63) is 46.9 Å². The van der Waals surface area contributed by atoms with E-state index in [1.807, 2.05) is 51.1 Å². The highest BCUT2D eigenvalue weighted by molar-refractivity contribution is 8.03. The van der Waals surface area contributed by atoms with E-state index in [9.17, 15) is 4.79 Å². The quantitative estimate of drug-likeness (QED) is 0.281. The Morgan fingerprint density at radius 3 is 2.73 bits per heavy atom. The number of benzene rings is 1. The minimum Gasteiger partial charge on any atom is -0.491 e. The zero-order chi connectivity index (χ0) is 16.4. The van der Waals surface area contributed by atoms with Crippen LogP contribution in [-0.4, -0.2) is 26.1 Å². The first kappa shape index (κ1) is 18.5. The Bertz CT molecular complexity index is 547. The zero-order valence-corrected chi connectivity index (χ0v) is 14.5. The van der Waals surface area contributed by atoms with Crippen molar-refractivity contribution >= 4 is 17.5 Å². The van der Waals surface area contributed by atoms with Crippen molar-refractivity contribution in [2.75, 3.05) is 20.3 Å². The van der Waals surface area contributed by atoms with Gasteiger partial charge in [-0.2, -0.15) is 0 Å². The monoisotopic (exact) mass is 320 g/mol. The summed E-state index contributed by atoms with van der Waals surface area (Å²) >= 11 is 1.58. The third kappa shape index (κ3) is 6.08. The van der Waals surface area contributed by atoms with Crippen molar-refractivity contribution in [3.8, 4) is 5.75 Å². The van der Waals surface area contributed by atoms with Crippen LogP contribution in [0.2, 0.25) is 0 Å². The van der Waals surface area contributed by atoms with Crippen LogP contribution in [0.3, 0.4) is 0 Å². The molecule has 22 heavy (non-hydrogen) atoms. The molecule has 1 aromatic carbocycles. The molecule has 0 spiro atoms. The second-order valence-corrected chi connectivity index (χ2v) is 5.96. The molecule has 0 aliphatic carbocycles. The first-order valence-corrected chi connectivity index (χ1v) is 8.21. The molecule has 0 fully saturated rings. The summed E-state index contributed by atoms with van der Waals surface area (Å²) < 4.78 is 10.6. The van der Waals surface area contributed by atoms with E-state index in [0.29, 0.717) is 18.8 Å². The van der Waals surface area contributed by atoms with Crippen molar-refractivity contribution in [1.29, 1.82) is 0 Å². The van der Waals surface area contributed by atoms with Gasteiger partial charge in [-0.25, -0.2) is 0 Å². The molecule has 1 aromatic rings. The van der Waals surface area contributed by atoms with Gasteiger partial charge in [-0.15, -0.1) is 0 Å². The summed E-state index contributed by atoms with van der Waals surface area (Å²) in [7, 11) is 1.64. The van der Waals surface area contributed by atoms with Gasteiger partial charge in [-0.3, -0.25) is 4.79 Å². The van der Waals surface area contributed by atoms with Crippen molar-refractivity contribution in [2.24, 2.45) is 0 Å². The topological polar surface area (TPSA) is 35.5 Å². The third-order valence-electron chi connectivity index (χ3n) is 2.96. The second-order valence-electron chi connectivity index (χ2n) is 4.68. The van der Waals surface area contributed by atoms with E-state index >= 15 is 0 Å². The number of carbonyl (C=O) groups is 1. The smallest absolute Gasteiger partial charge is 0.186 e. The average molecular weight is 320 g/mol. The van der Waals surface area contributed by atoms with E-state index in [1.54, 1.807) is 24.9 Å². The van der Waals surface area contributed by atoms with Gasteiger partial charge >= 0.3 is 0 Å². The summed E-state index contributed by atoms with van der Waals surface area (Å²) in [5.74, 6) is 0.774. The lowest BCUT2D eigenvalue weighted by atomic mass is 10.1. The molecule has 0 saturated carbocycles. The number of ketones is 1. The highest BCUT2D eigenvalue weighted by atomic mass is 32.2. The van der Waals surface area contributed by atoms with Gasteiger partial charge in [-0.1, -0.05) is 30.8 Å². The van der Waals surface area contributed by atoms with Crippen LogP contribution in [0.1, 0.15) is 37.6 Å². The molecule has 0 radical (unpaired) electrons. The third-order valence-corrected chi connectivity index (χ3v) is 4.07. The van der Waals surface area contributed by atoms with Crippen LogP contribution >= 0.6 is 11.8 Å². The summed E-state index contributed by atoms with van der Waals surface area (Å²) in [6.45, 7) is 7.05. The lowest BCUT2D eigenvalue weighted by Crippen LogP contribution is -2.05. The Labute approximate surface area is 137 Å². The van der Waals surface area contributed by atoms with E-state index in [2.05, 4.69) is 0 Å². The van der Waals surface area contributed by atoms with Gasteiger partial charge in [0.25, 0.3) is 0 Å². The molecule has 1 rings (SSSR count). The molecular formula is C18H24O3S. The minimum absolute atomic E-state index is 0.0247. The van der Waals surface area contributed by atoms with Crippen LogP contribution in [0.4, 0.5) is 0 Å². The molecule has 120 valence electrons. The largest absolute Gasteiger partial charge is 0.491 e. The molecule has 0 atom stereocenters. The Morgan fingerprint density at radius 2 is 2.09 bits per heavy atom. The van der Waals surface area contributed by atoms with E-state index < -0.39 is 0 Å². The van der Waals surface area contributed by atoms with Crippen LogP contribution in [-0.2, 0) is 4.74 Å². The van der Waals surface area contributed by atoms with Gasteiger partial charge in [0.2, 0.25) is 0 Å². The Hall–Kier alpha value is -1.52. The summed E-state index contributed by atoms with van der Waals surface area (Å²) in [4.78, 5) is 14.3. The fraction of sp³-hybridized carbons (Fsp3) is 0.389. The number of ether oxygens (including phenoxy) is 2. The van der Waals surface area contributed by atoms with Gasteiger partial charge < -0.3 is 9.47 Å². The van der Waals surface area contributed by atoms with Crippen molar-refractivity contribution in [2.45, 2.75) is 32.1 Å². The van der Waals surface area contributed by atoms with Crippen molar-refractivity contribution in [1.82, 2.24) is 0 Å². The van der Waals surface area contributed by atoms with Crippen molar-refractivity contribution in [3.63, 3.8) is 0 Å². The summed E-state index contributed by atoms with van der Waals surface area (Å²) in [5.41, 5.74) is 0.704. The van der Waals surface area contributed by atoms with Crippen LogP contribution in [0.5, 0.6) is 5.75 Å². The van der Waals surface area contributed by atoms with Crippen LogP contribution in [0.25, 0.3) is 0 Å². The normalized spacial score (nSPS) is 11.9. The summed E-state index contributed by atoms with van der Waals surface area (Å²) in [6.07, 6.45) is 6.39. The maximum absolute atomic E-state index is 12.3. The molecule has 0 N–H and O–H groups in total. The highest BCUT2D eigenvalue weighted by Gasteiger charge is 2.11. The molecular weight excluding hydrogens is 296 g/mol. The number of hydrogen-bond acceptors (Lipinski definition) is 4. The molecule has 0 unspecified atom stereocenters. The highest BCUT2D eigenvalue weighted by Crippen LogP contribution is 2.32. The molecule has 4 heteroatoms.